The molecule has 0 bridgehead atoms. The smallest absolute Gasteiger partial charge is 0.243 e. The molecule has 23 nitrogen and oxygen atoms in total. The number of H-pyrrole nitrogens is 1. The molecule has 1 aromatic heterocycles. The van der Waals surface area contributed by atoms with Crippen molar-refractivity contribution in [3.63, 3.8) is 0 Å². The van der Waals surface area contributed by atoms with Crippen LogP contribution in [0.1, 0.15) is 76.0 Å². The number of benzene rings is 4. The summed E-state index contributed by atoms with van der Waals surface area (Å²) in [5.41, 5.74) is 20.3. The third kappa shape index (κ3) is 17.3. The molecule has 80 heavy (non-hydrogen) atoms. The second-order valence-electron chi connectivity index (χ2n) is 20.6. The Kier molecular flexibility index (Phi) is 22.0. The number of amides is 9. The molecule has 1 aliphatic rings. The minimum Gasteiger partial charge on any atom is -0.508 e. The summed E-state index contributed by atoms with van der Waals surface area (Å²) in [5.74, 6) is -8.35. The topological polar surface area (TPSA) is 384 Å². The van der Waals surface area contributed by atoms with Gasteiger partial charge in [0.15, 0.2) is 0 Å². The van der Waals surface area contributed by atoms with Crippen molar-refractivity contribution in [2.24, 2.45) is 23.1 Å². The molecule has 0 unspecified atom stereocenters. The Balaban J connectivity index is 1.39. The van der Waals surface area contributed by atoms with E-state index in [0.717, 1.165) is 27.2 Å². The van der Waals surface area contributed by atoms with Gasteiger partial charge < -0.3 is 74.9 Å². The summed E-state index contributed by atoms with van der Waals surface area (Å²) in [6.45, 7) is 4.47. The highest BCUT2D eigenvalue weighted by atomic mass is 16.3. The number of nitrogens with two attached hydrogens (primary N) is 3. The second kappa shape index (κ2) is 29.0. The fourth-order valence-corrected chi connectivity index (χ4v) is 9.37. The average Bonchev–Trinajstić information content (AvgIpc) is 3.84. The van der Waals surface area contributed by atoms with E-state index >= 15 is 0 Å². The summed E-state index contributed by atoms with van der Waals surface area (Å²) in [6, 6.07) is 15.1. The number of aromatic hydroxyl groups is 1. The van der Waals surface area contributed by atoms with Crippen LogP contribution in [-0.4, -0.2) is 136 Å². The van der Waals surface area contributed by atoms with Crippen molar-refractivity contribution < 1.29 is 53.4 Å². The molecule has 1 fully saturated rings. The minimum atomic E-state index is -1.58. The maximum Gasteiger partial charge on any atom is 0.243 e. The highest BCUT2D eigenvalue weighted by Gasteiger charge is 2.36. The molecule has 2 heterocycles. The third-order valence-electron chi connectivity index (χ3n) is 13.9. The Morgan fingerprint density at radius 2 is 1.35 bits per heavy atom. The highest BCUT2D eigenvalue weighted by molar-refractivity contribution is 5.99. The largest absolute Gasteiger partial charge is 0.508 e. The van der Waals surface area contributed by atoms with Gasteiger partial charge in [-0.25, -0.2) is 0 Å². The number of hydrogen-bond acceptors (Lipinski definition) is 13. The van der Waals surface area contributed by atoms with Gasteiger partial charge in [0, 0.05) is 42.9 Å². The van der Waals surface area contributed by atoms with Gasteiger partial charge in [0.1, 0.15) is 48.0 Å². The number of aliphatic hydroxyl groups is 1. The lowest BCUT2D eigenvalue weighted by Crippen LogP contribution is -2.62. The molecular formula is C57H74N12O11. The minimum absolute atomic E-state index is 0.0338. The van der Waals surface area contributed by atoms with Gasteiger partial charge in [0.05, 0.1) is 12.1 Å². The average molecular weight is 1100 g/mol. The summed E-state index contributed by atoms with van der Waals surface area (Å²) in [4.78, 5) is 130. The predicted molar refractivity (Wildman–Crippen MR) is 298 cm³/mol. The SMILES string of the molecule is CC(C)[C@@H]1NC(=O)[C@H](CCCCN)NC(=O)[C@@H](Cc2c[nH]c3ccccc23)NC(=O)[C@H](Cc2ccc(O)cc2)NC(=O)[C@@H](NC(=O)[C@H](N)Cc2ccc3ccccc3c2)CCC(=O)NCC[C@@H](C(=O)N[C@H](C(N)=O)[C@@H](C)O)NC1=O. The maximum absolute atomic E-state index is 14.9. The van der Waals surface area contributed by atoms with Crippen LogP contribution in [0.5, 0.6) is 5.75 Å². The number of carbonyl (C=O) groups excluding carboxylic acids is 9. The predicted octanol–water partition coefficient (Wildman–Crippen LogP) is -0.273. The van der Waals surface area contributed by atoms with E-state index < -0.39 is 120 Å². The van der Waals surface area contributed by atoms with Gasteiger partial charge in [-0.15, -0.1) is 0 Å². The van der Waals surface area contributed by atoms with Gasteiger partial charge in [0.2, 0.25) is 53.2 Å². The van der Waals surface area contributed by atoms with Crippen LogP contribution in [-0.2, 0) is 62.4 Å². The Morgan fingerprint density at radius 3 is 2.04 bits per heavy atom. The number of aromatic nitrogens is 1. The van der Waals surface area contributed by atoms with Crippen molar-refractivity contribution in [2.45, 2.75) is 133 Å². The second-order valence-corrected chi connectivity index (χ2v) is 20.6. The standard InChI is InChI=1S/C57H74N12O11/c1-31(2)48-57(80)65-44(54(77)69-49(32(3)70)50(60)73)23-25-61-47(72)22-21-43(63-51(74)40(59)27-34-15-18-35-10-4-5-11-36(35)26-34)52(75)66-45(28-33-16-19-38(71)20-17-33)55(78)67-46(29-37-30-62-41-13-7-6-12-39(37)41)56(79)64-42(53(76)68-48)14-8-9-24-58/h4-7,10-13,15-20,26,30-32,40,42-46,48-49,62,70-71H,8-9,14,21-25,27-29,58-59H2,1-3H3,(H2,60,73)(H,61,72)(H,63,74)(H,64,79)(H,65,80)(H,66,75)(H,67,78)(H,68,76)(H,69,77)/t32-,40-,42+,43+,44+,45+,46-,48+,49+/m1/s1. The number of para-hydroxylation sites is 1. The summed E-state index contributed by atoms with van der Waals surface area (Å²) in [6.07, 6.45) is -0.266. The molecule has 0 spiro atoms. The molecular weight excluding hydrogens is 1030 g/mol. The number of carbonyl (C=O) groups is 9. The normalized spacial score (nSPS) is 21.5. The first kappa shape index (κ1) is 60.8. The van der Waals surface area contributed by atoms with Crippen LogP contribution < -0.4 is 59.7 Å². The Labute approximate surface area is 463 Å². The lowest BCUT2D eigenvalue weighted by Gasteiger charge is -2.29. The quantitative estimate of drug-likeness (QED) is 0.0534. The van der Waals surface area contributed by atoms with Crippen molar-refractivity contribution in [1.82, 2.24) is 47.5 Å². The van der Waals surface area contributed by atoms with Crippen molar-refractivity contribution in [3.05, 3.63) is 114 Å². The van der Waals surface area contributed by atoms with Gasteiger partial charge in [-0.05, 0) is 104 Å². The van der Waals surface area contributed by atoms with E-state index in [4.69, 9.17) is 17.2 Å². The Bertz CT molecular complexity index is 3000. The summed E-state index contributed by atoms with van der Waals surface area (Å²) < 4.78 is 0. The third-order valence-corrected chi connectivity index (χ3v) is 13.9. The fraction of sp³-hybridized carbons (Fsp3) is 0.421. The van der Waals surface area contributed by atoms with Crippen molar-refractivity contribution in [1.29, 1.82) is 0 Å². The van der Waals surface area contributed by atoms with Crippen molar-refractivity contribution in [2.75, 3.05) is 13.1 Å². The van der Waals surface area contributed by atoms with Crippen LogP contribution in [0.3, 0.4) is 0 Å². The van der Waals surface area contributed by atoms with Gasteiger partial charge in [-0.2, -0.15) is 0 Å². The first-order valence-corrected chi connectivity index (χ1v) is 26.8. The molecule has 23 heteroatoms. The number of rotatable bonds is 17. The molecule has 4 aromatic carbocycles. The molecule has 6 rings (SSSR count). The highest BCUT2D eigenvalue weighted by Crippen LogP contribution is 2.21. The van der Waals surface area contributed by atoms with Gasteiger partial charge in [0.25, 0.3) is 0 Å². The van der Waals surface area contributed by atoms with Crippen LogP contribution >= 0.6 is 0 Å². The lowest BCUT2D eigenvalue weighted by atomic mass is 9.99. The van der Waals surface area contributed by atoms with E-state index in [9.17, 15) is 53.4 Å². The number of fused-ring (bicyclic) bond motifs is 2. The lowest BCUT2D eigenvalue weighted by molar-refractivity contribution is -0.136. The van der Waals surface area contributed by atoms with Crippen molar-refractivity contribution in [3.8, 4) is 5.75 Å². The van der Waals surface area contributed by atoms with E-state index in [1.807, 2.05) is 60.7 Å². The number of phenolic OH excluding ortho intramolecular Hbond substituents is 1. The van der Waals surface area contributed by atoms with Crippen LogP contribution in [0.25, 0.3) is 21.7 Å². The van der Waals surface area contributed by atoms with E-state index in [-0.39, 0.29) is 57.4 Å². The molecule has 0 saturated carbocycles. The molecule has 5 aromatic rings. The zero-order valence-corrected chi connectivity index (χ0v) is 45.1. The zero-order valence-electron chi connectivity index (χ0n) is 45.1. The zero-order chi connectivity index (χ0) is 58.0. The first-order valence-electron chi connectivity index (χ1n) is 26.8. The molecule has 17 N–H and O–H groups in total. The number of hydrogen-bond donors (Lipinski definition) is 14. The van der Waals surface area contributed by atoms with E-state index in [0.29, 0.717) is 24.0 Å². The van der Waals surface area contributed by atoms with Gasteiger partial charge >= 0.3 is 0 Å². The molecule has 1 saturated heterocycles. The van der Waals surface area contributed by atoms with Crippen LogP contribution in [0.2, 0.25) is 0 Å². The van der Waals surface area contributed by atoms with Crippen LogP contribution in [0.15, 0.2) is 97.2 Å². The van der Waals surface area contributed by atoms with Crippen LogP contribution in [0, 0.1) is 5.92 Å². The van der Waals surface area contributed by atoms with Crippen molar-refractivity contribution >= 4 is 74.8 Å². The molecule has 0 aliphatic carbocycles. The number of phenols is 1. The monoisotopic (exact) mass is 1100 g/mol. The summed E-state index contributed by atoms with van der Waals surface area (Å²) in [7, 11) is 0. The summed E-state index contributed by atoms with van der Waals surface area (Å²) in [5, 5.41) is 44.4. The van der Waals surface area contributed by atoms with E-state index in [1.54, 1.807) is 26.1 Å². The molecule has 428 valence electrons. The van der Waals surface area contributed by atoms with Gasteiger partial charge in [-0.1, -0.05) is 86.6 Å². The number of aliphatic hydroxyl groups excluding tert-OH is 1. The molecule has 0 radical (unpaired) electrons. The molecule has 1 aliphatic heterocycles. The Hall–Kier alpha value is -8.41. The first-order chi connectivity index (χ1) is 38.2. The summed E-state index contributed by atoms with van der Waals surface area (Å²) >= 11 is 0. The molecule has 9 atom stereocenters. The number of unbranched alkanes of at least 4 members (excludes halogenated alkanes) is 1. The van der Waals surface area contributed by atoms with E-state index in [2.05, 4.69) is 47.5 Å². The maximum atomic E-state index is 14.9. The molecule has 9 amide bonds. The van der Waals surface area contributed by atoms with Crippen LogP contribution in [0.4, 0.5) is 0 Å². The van der Waals surface area contributed by atoms with Gasteiger partial charge in [-0.3, -0.25) is 43.2 Å². The number of aromatic amines is 1. The number of primary amides is 1. The Morgan fingerprint density at radius 1 is 0.713 bits per heavy atom. The number of nitrogens with one attached hydrogen (secondary N) is 9. The van der Waals surface area contributed by atoms with E-state index in [1.165, 1.54) is 31.2 Å². The fourth-order valence-electron chi connectivity index (χ4n) is 9.37.